The van der Waals surface area contributed by atoms with E-state index < -0.39 is 0 Å². The molecule has 1 aliphatic heterocycles. The smallest absolute Gasteiger partial charge is 0.222 e. The fourth-order valence-corrected chi connectivity index (χ4v) is 2.52. The first-order valence-corrected chi connectivity index (χ1v) is 7.20. The molecule has 1 aliphatic rings. The van der Waals surface area contributed by atoms with Crippen molar-refractivity contribution in [2.75, 3.05) is 27.2 Å². The molecule has 1 rings (SSSR count). The van der Waals surface area contributed by atoms with Crippen LogP contribution < -0.4 is 5.73 Å². The minimum atomic E-state index is 0.117. The lowest BCUT2D eigenvalue weighted by atomic mass is 10.00. The van der Waals surface area contributed by atoms with Crippen molar-refractivity contribution < 1.29 is 4.79 Å². The molecule has 1 amide bonds. The topological polar surface area (TPSA) is 49.6 Å². The summed E-state index contributed by atoms with van der Waals surface area (Å²) in [6, 6.07) is 0.772. The Morgan fingerprint density at radius 1 is 1.50 bits per heavy atom. The summed E-state index contributed by atoms with van der Waals surface area (Å²) < 4.78 is 0. The first-order chi connectivity index (χ1) is 8.50. The SMILES string of the molecule is CC(N)CCC(=O)N(C)CCC1CCCCN1C. The Bertz CT molecular complexity index is 255. The number of nitrogens with zero attached hydrogens (tertiary/aromatic N) is 2. The molecule has 0 saturated carbocycles. The van der Waals surface area contributed by atoms with Gasteiger partial charge in [-0.05, 0) is 46.2 Å². The molecular formula is C14H29N3O. The van der Waals surface area contributed by atoms with E-state index in [1.807, 2.05) is 18.9 Å². The van der Waals surface area contributed by atoms with E-state index in [1.165, 1.54) is 25.8 Å². The van der Waals surface area contributed by atoms with Crippen LogP contribution in [0.4, 0.5) is 0 Å². The predicted octanol–water partition coefficient (Wildman–Crippen LogP) is 1.45. The number of carbonyl (C=O) groups is 1. The fourth-order valence-electron chi connectivity index (χ4n) is 2.52. The van der Waals surface area contributed by atoms with E-state index in [0.29, 0.717) is 12.5 Å². The lowest BCUT2D eigenvalue weighted by molar-refractivity contribution is -0.130. The molecule has 4 heteroatoms. The van der Waals surface area contributed by atoms with Gasteiger partial charge < -0.3 is 15.5 Å². The van der Waals surface area contributed by atoms with Crippen molar-refractivity contribution >= 4 is 5.91 Å². The molecule has 0 radical (unpaired) electrons. The molecule has 2 atom stereocenters. The quantitative estimate of drug-likeness (QED) is 0.781. The van der Waals surface area contributed by atoms with Crippen LogP contribution in [-0.2, 0) is 4.79 Å². The summed E-state index contributed by atoms with van der Waals surface area (Å²) in [4.78, 5) is 16.2. The summed E-state index contributed by atoms with van der Waals surface area (Å²) >= 11 is 0. The molecule has 2 N–H and O–H groups in total. The minimum absolute atomic E-state index is 0.117. The highest BCUT2D eigenvalue weighted by molar-refractivity contribution is 5.75. The van der Waals surface area contributed by atoms with Gasteiger partial charge in [0, 0.05) is 32.1 Å². The Labute approximate surface area is 111 Å². The van der Waals surface area contributed by atoms with Crippen LogP contribution >= 0.6 is 0 Å². The fraction of sp³-hybridized carbons (Fsp3) is 0.929. The Morgan fingerprint density at radius 3 is 2.83 bits per heavy atom. The monoisotopic (exact) mass is 255 g/mol. The first-order valence-electron chi connectivity index (χ1n) is 7.20. The van der Waals surface area contributed by atoms with E-state index in [9.17, 15) is 4.79 Å². The first kappa shape index (κ1) is 15.4. The molecule has 0 aromatic rings. The Morgan fingerprint density at radius 2 is 2.22 bits per heavy atom. The highest BCUT2D eigenvalue weighted by atomic mass is 16.2. The van der Waals surface area contributed by atoms with Crippen LogP contribution in [0.5, 0.6) is 0 Å². The number of hydrogen-bond donors (Lipinski definition) is 1. The van der Waals surface area contributed by atoms with Crippen molar-refractivity contribution in [3.63, 3.8) is 0 Å². The molecule has 0 bridgehead atoms. The number of nitrogens with two attached hydrogens (primary N) is 1. The van der Waals surface area contributed by atoms with E-state index >= 15 is 0 Å². The molecular weight excluding hydrogens is 226 g/mol. The third-order valence-electron chi connectivity index (χ3n) is 3.96. The molecule has 4 nitrogen and oxygen atoms in total. The number of carbonyl (C=O) groups excluding carboxylic acids is 1. The van der Waals surface area contributed by atoms with Crippen molar-refractivity contribution in [3.8, 4) is 0 Å². The maximum Gasteiger partial charge on any atom is 0.222 e. The van der Waals surface area contributed by atoms with Crippen LogP contribution in [0.1, 0.15) is 45.4 Å². The lowest BCUT2D eigenvalue weighted by Crippen LogP contribution is -2.39. The summed E-state index contributed by atoms with van der Waals surface area (Å²) in [7, 11) is 4.11. The average molecular weight is 255 g/mol. The zero-order valence-electron chi connectivity index (χ0n) is 12.2. The van der Waals surface area contributed by atoms with E-state index in [0.717, 1.165) is 19.4 Å². The maximum atomic E-state index is 11.9. The van der Waals surface area contributed by atoms with Crippen LogP contribution in [0, 0.1) is 0 Å². The molecule has 1 heterocycles. The van der Waals surface area contributed by atoms with Crippen molar-refractivity contribution in [3.05, 3.63) is 0 Å². The van der Waals surface area contributed by atoms with Crippen LogP contribution in [0.15, 0.2) is 0 Å². The normalized spacial score (nSPS) is 22.8. The highest BCUT2D eigenvalue weighted by Gasteiger charge is 2.19. The van der Waals surface area contributed by atoms with Gasteiger partial charge in [-0.1, -0.05) is 6.42 Å². The summed E-state index contributed by atoms with van der Waals surface area (Å²) in [6.45, 7) is 4.02. The molecule has 1 saturated heterocycles. The van der Waals surface area contributed by atoms with Crippen molar-refractivity contribution in [1.82, 2.24) is 9.80 Å². The Hall–Kier alpha value is -0.610. The molecule has 106 valence electrons. The van der Waals surface area contributed by atoms with Crippen molar-refractivity contribution in [2.45, 2.75) is 57.5 Å². The molecule has 0 spiro atoms. The molecule has 2 unspecified atom stereocenters. The second kappa shape index (κ2) is 7.74. The number of rotatable bonds is 6. The van der Waals surface area contributed by atoms with Gasteiger partial charge in [0.1, 0.15) is 0 Å². The van der Waals surface area contributed by atoms with Gasteiger partial charge in [0.2, 0.25) is 5.91 Å². The molecule has 1 fully saturated rings. The second-order valence-electron chi connectivity index (χ2n) is 5.75. The van der Waals surface area contributed by atoms with Crippen molar-refractivity contribution in [2.24, 2.45) is 5.73 Å². The third-order valence-corrected chi connectivity index (χ3v) is 3.96. The van der Waals surface area contributed by atoms with Gasteiger partial charge >= 0.3 is 0 Å². The predicted molar refractivity (Wildman–Crippen MR) is 75.4 cm³/mol. The second-order valence-corrected chi connectivity index (χ2v) is 5.75. The number of piperidine rings is 1. The molecule has 0 aromatic heterocycles. The van der Waals surface area contributed by atoms with E-state index in [1.54, 1.807) is 0 Å². The van der Waals surface area contributed by atoms with Gasteiger partial charge in [0.05, 0.1) is 0 Å². The van der Waals surface area contributed by atoms with Gasteiger partial charge in [-0.15, -0.1) is 0 Å². The largest absolute Gasteiger partial charge is 0.346 e. The summed E-state index contributed by atoms with van der Waals surface area (Å²) in [5.41, 5.74) is 5.67. The summed E-state index contributed by atoms with van der Waals surface area (Å²) in [5.74, 6) is 0.228. The van der Waals surface area contributed by atoms with Gasteiger partial charge in [-0.2, -0.15) is 0 Å². The molecule has 0 aromatic carbocycles. The number of likely N-dealkylation sites (tertiary alicyclic amines) is 1. The van der Waals surface area contributed by atoms with E-state index in [-0.39, 0.29) is 11.9 Å². The highest BCUT2D eigenvalue weighted by Crippen LogP contribution is 2.18. The van der Waals surface area contributed by atoms with Gasteiger partial charge in [-0.25, -0.2) is 0 Å². The molecule has 0 aliphatic carbocycles. The summed E-state index contributed by atoms with van der Waals surface area (Å²) in [5, 5.41) is 0. The minimum Gasteiger partial charge on any atom is -0.346 e. The summed E-state index contributed by atoms with van der Waals surface area (Å²) in [6.07, 6.45) is 6.38. The zero-order chi connectivity index (χ0) is 13.5. The van der Waals surface area contributed by atoms with E-state index in [2.05, 4.69) is 11.9 Å². The van der Waals surface area contributed by atoms with Gasteiger partial charge in [0.15, 0.2) is 0 Å². The van der Waals surface area contributed by atoms with Crippen molar-refractivity contribution in [1.29, 1.82) is 0 Å². The number of hydrogen-bond acceptors (Lipinski definition) is 3. The maximum absolute atomic E-state index is 11.9. The van der Waals surface area contributed by atoms with Crippen LogP contribution in [0.3, 0.4) is 0 Å². The Kier molecular flexibility index (Phi) is 6.65. The Balaban J connectivity index is 2.22. The van der Waals surface area contributed by atoms with Gasteiger partial charge in [0.25, 0.3) is 0 Å². The lowest BCUT2D eigenvalue weighted by Gasteiger charge is -2.33. The number of amides is 1. The standard InChI is InChI=1S/C14H29N3O/c1-12(15)7-8-14(18)17(3)11-9-13-6-4-5-10-16(13)2/h12-13H,4-11,15H2,1-3H3. The van der Waals surface area contributed by atoms with Crippen LogP contribution in [0.25, 0.3) is 0 Å². The molecule has 18 heavy (non-hydrogen) atoms. The van der Waals surface area contributed by atoms with Gasteiger partial charge in [-0.3, -0.25) is 4.79 Å². The van der Waals surface area contributed by atoms with Crippen LogP contribution in [0.2, 0.25) is 0 Å². The third kappa shape index (κ3) is 5.36. The van der Waals surface area contributed by atoms with Crippen LogP contribution in [-0.4, -0.2) is 55.0 Å². The van der Waals surface area contributed by atoms with E-state index in [4.69, 9.17) is 5.73 Å². The average Bonchev–Trinajstić information content (AvgIpc) is 2.34. The zero-order valence-corrected chi connectivity index (χ0v) is 12.2.